The number of ether oxygens (including phenoxy) is 1. The van der Waals surface area contributed by atoms with Gasteiger partial charge in [-0.2, -0.15) is 5.26 Å². The van der Waals surface area contributed by atoms with Gasteiger partial charge in [0.2, 0.25) is 5.76 Å². The van der Waals surface area contributed by atoms with E-state index in [4.69, 9.17) is 14.4 Å². The first-order valence-electron chi connectivity index (χ1n) is 5.29. The standard InChI is InChI=1S/C13H11BrN2O2/c1-17-13-5-2-9(14)6-12(13)16-8-11-4-3-10(7-15)18-11/h2-6,16H,8H2,1H3. The van der Waals surface area contributed by atoms with Gasteiger partial charge in [0.05, 0.1) is 19.3 Å². The molecule has 0 radical (unpaired) electrons. The van der Waals surface area contributed by atoms with Crippen LogP contribution in [0.4, 0.5) is 5.69 Å². The molecule has 0 bridgehead atoms. The Morgan fingerprint density at radius 3 is 2.89 bits per heavy atom. The van der Waals surface area contributed by atoms with Crippen molar-refractivity contribution >= 4 is 21.6 Å². The minimum Gasteiger partial charge on any atom is -0.495 e. The predicted octanol–water partition coefficient (Wildman–Crippen LogP) is 3.53. The Kier molecular flexibility index (Phi) is 3.90. The number of halogens is 1. The number of furan rings is 1. The summed E-state index contributed by atoms with van der Waals surface area (Å²) in [6, 6.07) is 11.1. The lowest BCUT2D eigenvalue weighted by molar-refractivity contribution is 0.416. The van der Waals surface area contributed by atoms with Crippen molar-refractivity contribution in [2.24, 2.45) is 0 Å². The van der Waals surface area contributed by atoms with E-state index in [1.807, 2.05) is 24.3 Å². The molecular formula is C13H11BrN2O2. The maximum absolute atomic E-state index is 8.66. The normalized spacial score (nSPS) is 9.83. The van der Waals surface area contributed by atoms with E-state index in [2.05, 4.69) is 21.2 Å². The molecule has 5 heteroatoms. The number of nitriles is 1. The highest BCUT2D eigenvalue weighted by Crippen LogP contribution is 2.28. The molecule has 92 valence electrons. The van der Waals surface area contributed by atoms with Gasteiger partial charge in [-0.3, -0.25) is 0 Å². The minimum absolute atomic E-state index is 0.313. The van der Waals surface area contributed by atoms with Gasteiger partial charge >= 0.3 is 0 Å². The minimum atomic E-state index is 0.313. The number of benzene rings is 1. The van der Waals surface area contributed by atoms with Gasteiger partial charge in [0.15, 0.2) is 0 Å². The van der Waals surface area contributed by atoms with Crippen molar-refractivity contribution in [3.63, 3.8) is 0 Å². The molecule has 0 atom stereocenters. The van der Waals surface area contributed by atoms with E-state index < -0.39 is 0 Å². The van der Waals surface area contributed by atoms with E-state index in [0.29, 0.717) is 18.1 Å². The third-order valence-electron chi connectivity index (χ3n) is 2.39. The lowest BCUT2D eigenvalue weighted by atomic mass is 10.3. The predicted molar refractivity (Wildman–Crippen MR) is 71.4 cm³/mol. The molecule has 1 aromatic carbocycles. The van der Waals surface area contributed by atoms with Gasteiger partial charge < -0.3 is 14.5 Å². The average molecular weight is 307 g/mol. The Morgan fingerprint density at radius 1 is 1.39 bits per heavy atom. The molecule has 2 rings (SSSR count). The second-order valence-corrected chi connectivity index (χ2v) is 4.49. The van der Waals surface area contributed by atoms with E-state index >= 15 is 0 Å². The first-order valence-corrected chi connectivity index (χ1v) is 6.08. The van der Waals surface area contributed by atoms with Crippen LogP contribution in [-0.2, 0) is 6.54 Å². The Bertz CT molecular complexity index is 587. The topological polar surface area (TPSA) is 58.2 Å². The molecule has 0 amide bonds. The number of nitrogens with zero attached hydrogens (tertiary/aromatic N) is 1. The number of anilines is 1. The van der Waals surface area contributed by atoms with Crippen molar-refractivity contribution in [3.05, 3.63) is 46.3 Å². The number of hydrogen-bond acceptors (Lipinski definition) is 4. The van der Waals surface area contributed by atoms with Crippen LogP contribution in [0.2, 0.25) is 0 Å². The van der Waals surface area contributed by atoms with Crippen molar-refractivity contribution in [1.29, 1.82) is 5.26 Å². The molecule has 0 aliphatic carbocycles. The summed E-state index contributed by atoms with van der Waals surface area (Å²) >= 11 is 3.40. The van der Waals surface area contributed by atoms with E-state index in [1.165, 1.54) is 0 Å². The van der Waals surface area contributed by atoms with Crippen molar-refractivity contribution in [2.75, 3.05) is 12.4 Å². The molecule has 0 unspecified atom stereocenters. The molecule has 0 fully saturated rings. The van der Waals surface area contributed by atoms with Gasteiger partial charge in [-0.05, 0) is 30.3 Å². The smallest absolute Gasteiger partial charge is 0.203 e. The number of rotatable bonds is 4. The molecule has 1 aromatic heterocycles. The summed E-state index contributed by atoms with van der Waals surface area (Å²) in [7, 11) is 1.62. The van der Waals surface area contributed by atoms with Crippen LogP contribution in [-0.4, -0.2) is 7.11 Å². The Balaban J connectivity index is 2.10. The molecule has 4 nitrogen and oxygen atoms in total. The van der Waals surface area contributed by atoms with Crippen LogP contribution in [0.5, 0.6) is 5.75 Å². The average Bonchev–Trinajstić information content (AvgIpc) is 2.84. The molecule has 1 heterocycles. The van der Waals surface area contributed by atoms with E-state index in [-0.39, 0.29) is 0 Å². The second kappa shape index (κ2) is 5.61. The lowest BCUT2D eigenvalue weighted by Crippen LogP contribution is -2.00. The molecule has 2 aromatic rings. The largest absolute Gasteiger partial charge is 0.495 e. The maximum atomic E-state index is 8.66. The highest BCUT2D eigenvalue weighted by molar-refractivity contribution is 9.10. The highest BCUT2D eigenvalue weighted by Gasteiger charge is 2.05. The second-order valence-electron chi connectivity index (χ2n) is 3.58. The van der Waals surface area contributed by atoms with Crippen molar-refractivity contribution < 1.29 is 9.15 Å². The van der Waals surface area contributed by atoms with Crippen LogP contribution >= 0.6 is 15.9 Å². The van der Waals surface area contributed by atoms with Gasteiger partial charge in [0.25, 0.3) is 0 Å². The first kappa shape index (κ1) is 12.5. The molecule has 0 aliphatic rings. The Labute approximate surface area is 113 Å². The monoisotopic (exact) mass is 306 g/mol. The third kappa shape index (κ3) is 2.84. The molecule has 0 saturated heterocycles. The first-order chi connectivity index (χ1) is 8.72. The van der Waals surface area contributed by atoms with Gasteiger partial charge in [-0.1, -0.05) is 15.9 Å². The summed E-state index contributed by atoms with van der Waals surface area (Å²) < 4.78 is 11.5. The van der Waals surface area contributed by atoms with Crippen molar-refractivity contribution in [1.82, 2.24) is 0 Å². The molecule has 0 saturated carbocycles. The number of hydrogen-bond donors (Lipinski definition) is 1. The third-order valence-corrected chi connectivity index (χ3v) is 2.88. The lowest BCUT2D eigenvalue weighted by Gasteiger charge is -2.10. The summed E-state index contributed by atoms with van der Waals surface area (Å²) in [6.45, 7) is 0.495. The van der Waals surface area contributed by atoms with E-state index in [0.717, 1.165) is 15.9 Å². The Hall–Kier alpha value is -1.93. The van der Waals surface area contributed by atoms with Crippen LogP contribution < -0.4 is 10.1 Å². The van der Waals surface area contributed by atoms with Gasteiger partial charge in [-0.25, -0.2) is 0 Å². The van der Waals surface area contributed by atoms with Crippen LogP contribution in [0.1, 0.15) is 11.5 Å². The summed E-state index contributed by atoms with van der Waals surface area (Å²) in [5, 5.41) is 11.9. The maximum Gasteiger partial charge on any atom is 0.203 e. The fourth-order valence-electron chi connectivity index (χ4n) is 1.53. The fraction of sp³-hybridized carbons (Fsp3) is 0.154. The molecule has 18 heavy (non-hydrogen) atoms. The van der Waals surface area contributed by atoms with Gasteiger partial charge in [0, 0.05) is 4.47 Å². The summed E-state index contributed by atoms with van der Waals surface area (Å²) in [6.07, 6.45) is 0. The van der Waals surface area contributed by atoms with Crippen LogP contribution in [0.3, 0.4) is 0 Å². The fourth-order valence-corrected chi connectivity index (χ4v) is 1.89. The van der Waals surface area contributed by atoms with Crippen LogP contribution in [0, 0.1) is 11.3 Å². The zero-order chi connectivity index (χ0) is 13.0. The van der Waals surface area contributed by atoms with Crippen molar-refractivity contribution in [3.8, 4) is 11.8 Å². The van der Waals surface area contributed by atoms with Crippen LogP contribution in [0.15, 0.2) is 39.2 Å². The Morgan fingerprint density at radius 2 is 2.22 bits per heavy atom. The van der Waals surface area contributed by atoms with Crippen molar-refractivity contribution in [2.45, 2.75) is 6.54 Å². The molecule has 0 aliphatic heterocycles. The molecule has 0 spiro atoms. The quantitative estimate of drug-likeness (QED) is 0.938. The van der Waals surface area contributed by atoms with E-state index in [9.17, 15) is 0 Å². The summed E-state index contributed by atoms with van der Waals surface area (Å²) in [4.78, 5) is 0. The zero-order valence-electron chi connectivity index (χ0n) is 9.74. The van der Waals surface area contributed by atoms with Crippen LogP contribution in [0.25, 0.3) is 0 Å². The number of nitrogens with one attached hydrogen (secondary N) is 1. The highest BCUT2D eigenvalue weighted by atomic mass is 79.9. The zero-order valence-corrected chi connectivity index (χ0v) is 11.3. The SMILES string of the molecule is COc1ccc(Br)cc1NCc1ccc(C#N)o1. The molecular weight excluding hydrogens is 296 g/mol. The number of methoxy groups -OCH3 is 1. The van der Waals surface area contributed by atoms with E-state index in [1.54, 1.807) is 19.2 Å². The molecule has 1 N–H and O–H groups in total. The summed E-state index contributed by atoms with van der Waals surface area (Å²) in [5.74, 6) is 1.77. The van der Waals surface area contributed by atoms with Gasteiger partial charge in [-0.15, -0.1) is 0 Å². The summed E-state index contributed by atoms with van der Waals surface area (Å²) in [5.41, 5.74) is 0.863. The van der Waals surface area contributed by atoms with Gasteiger partial charge in [0.1, 0.15) is 17.6 Å².